The van der Waals surface area contributed by atoms with E-state index in [4.69, 9.17) is 0 Å². The first-order chi connectivity index (χ1) is 14.5. The Morgan fingerprint density at radius 2 is 1.58 bits per heavy atom. The van der Waals surface area contributed by atoms with Crippen molar-refractivity contribution in [3.63, 3.8) is 0 Å². The van der Waals surface area contributed by atoms with Crippen LogP contribution in [0.1, 0.15) is 16.7 Å². The Hall–Kier alpha value is -2.75. The highest BCUT2D eigenvalue weighted by Gasteiger charge is 2.34. The minimum atomic E-state index is -4.76. The predicted molar refractivity (Wildman–Crippen MR) is 101 cm³/mol. The van der Waals surface area contributed by atoms with Gasteiger partial charge in [-0.2, -0.15) is 26.3 Å². The predicted octanol–water partition coefficient (Wildman–Crippen LogP) is 5.47. The van der Waals surface area contributed by atoms with Crippen LogP contribution in [0, 0.1) is 12.0 Å². The molecule has 1 aliphatic rings. The van der Waals surface area contributed by atoms with Crippen molar-refractivity contribution in [3.05, 3.63) is 65.1 Å². The molecule has 2 aromatic carbocycles. The highest BCUT2D eigenvalue weighted by Crippen LogP contribution is 2.35. The zero-order valence-corrected chi connectivity index (χ0v) is 16.0. The van der Waals surface area contributed by atoms with E-state index in [0.29, 0.717) is 48.3 Å². The lowest BCUT2D eigenvalue weighted by atomic mass is 10.1. The van der Waals surface area contributed by atoms with E-state index in [1.807, 2.05) is 9.80 Å². The molecule has 31 heavy (non-hydrogen) atoms. The van der Waals surface area contributed by atoms with Crippen LogP contribution in [0.5, 0.6) is 0 Å². The summed E-state index contributed by atoms with van der Waals surface area (Å²) in [4.78, 5) is 6.66. The Labute approximate surface area is 173 Å². The third kappa shape index (κ3) is 4.48. The van der Waals surface area contributed by atoms with Crippen molar-refractivity contribution in [3.8, 4) is 0 Å². The van der Waals surface area contributed by atoms with Crippen molar-refractivity contribution in [1.82, 2.24) is 9.88 Å². The number of H-pyrrole nitrogens is 1. The monoisotopic (exact) mass is 444 g/mol. The summed E-state index contributed by atoms with van der Waals surface area (Å²) in [7, 11) is 0. The second-order valence-corrected chi connectivity index (χ2v) is 7.43. The van der Waals surface area contributed by atoms with E-state index in [2.05, 4.69) is 11.2 Å². The summed E-state index contributed by atoms with van der Waals surface area (Å²) in [5.74, 6) is -1.31. The van der Waals surface area contributed by atoms with Gasteiger partial charge < -0.3 is 9.88 Å². The van der Waals surface area contributed by atoms with Crippen molar-refractivity contribution in [2.45, 2.75) is 18.9 Å². The normalized spacial score (nSPS) is 16.3. The molecule has 1 radical (unpaired) electrons. The van der Waals surface area contributed by atoms with Crippen LogP contribution in [0.3, 0.4) is 0 Å². The lowest BCUT2D eigenvalue weighted by Crippen LogP contribution is -2.46. The molecular formula is C21H17F7N3. The topological polar surface area (TPSA) is 22.3 Å². The lowest BCUT2D eigenvalue weighted by molar-refractivity contribution is -0.140. The van der Waals surface area contributed by atoms with Crippen molar-refractivity contribution < 1.29 is 30.7 Å². The molecule has 0 bridgehead atoms. The Kier molecular flexibility index (Phi) is 5.36. The molecule has 0 atom stereocenters. The average molecular weight is 444 g/mol. The Morgan fingerprint density at radius 1 is 0.871 bits per heavy atom. The number of piperazine rings is 1. The number of aromatic amines is 1. The molecule has 3 aromatic rings. The number of fused-ring (bicyclic) bond motifs is 1. The second-order valence-electron chi connectivity index (χ2n) is 7.43. The van der Waals surface area contributed by atoms with E-state index in [0.717, 1.165) is 24.3 Å². The maximum absolute atomic E-state index is 13.5. The van der Waals surface area contributed by atoms with Gasteiger partial charge in [-0.1, -0.05) is 6.07 Å². The van der Waals surface area contributed by atoms with Crippen LogP contribution < -0.4 is 4.90 Å². The molecule has 0 aliphatic carbocycles. The fraction of sp³-hybridized carbons (Fsp3) is 0.333. The Morgan fingerprint density at radius 3 is 2.23 bits per heavy atom. The summed E-state index contributed by atoms with van der Waals surface area (Å²) in [6, 6.07) is 6.40. The van der Waals surface area contributed by atoms with Gasteiger partial charge in [-0.05, 0) is 35.9 Å². The molecule has 4 rings (SSSR count). The van der Waals surface area contributed by atoms with Crippen LogP contribution >= 0.6 is 0 Å². The van der Waals surface area contributed by atoms with Gasteiger partial charge in [-0.15, -0.1) is 0 Å². The van der Waals surface area contributed by atoms with Crippen LogP contribution in [0.4, 0.5) is 36.4 Å². The molecule has 1 N–H and O–H groups in total. The molecule has 3 nitrogen and oxygen atoms in total. The number of rotatable bonds is 3. The fourth-order valence-electron chi connectivity index (χ4n) is 3.74. The largest absolute Gasteiger partial charge is 0.419 e. The first-order valence-corrected chi connectivity index (χ1v) is 9.46. The van der Waals surface area contributed by atoms with E-state index >= 15 is 0 Å². The minimum absolute atomic E-state index is 0.215. The van der Waals surface area contributed by atoms with E-state index in [-0.39, 0.29) is 6.54 Å². The van der Waals surface area contributed by atoms with E-state index in [9.17, 15) is 30.7 Å². The molecule has 10 heteroatoms. The van der Waals surface area contributed by atoms with E-state index < -0.39 is 29.3 Å². The summed E-state index contributed by atoms with van der Waals surface area (Å²) in [5.41, 5.74) is -0.629. The molecular weight excluding hydrogens is 427 g/mol. The highest BCUT2D eigenvalue weighted by molar-refractivity contribution is 5.93. The molecule has 0 amide bonds. The van der Waals surface area contributed by atoms with Crippen LogP contribution in [-0.2, 0) is 18.9 Å². The number of aromatic nitrogens is 1. The summed E-state index contributed by atoms with van der Waals surface area (Å²) >= 11 is 0. The van der Waals surface area contributed by atoms with Gasteiger partial charge in [0.1, 0.15) is 5.82 Å². The third-order valence-corrected chi connectivity index (χ3v) is 5.35. The van der Waals surface area contributed by atoms with Crippen LogP contribution in [0.25, 0.3) is 10.9 Å². The molecule has 1 aliphatic heterocycles. The molecule has 165 valence electrons. The quantitative estimate of drug-likeness (QED) is 0.542. The van der Waals surface area contributed by atoms with Crippen LogP contribution in [0.15, 0.2) is 36.4 Å². The summed E-state index contributed by atoms with van der Waals surface area (Å²) in [5, 5.41) is 0.414. The number of hydrogen-bond donors (Lipinski definition) is 1. The van der Waals surface area contributed by atoms with Gasteiger partial charge in [-0.3, -0.25) is 4.90 Å². The van der Waals surface area contributed by atoms with Crippen LogP contribution in [0.2, 0.25) is 0 Å². The maximum atomic E-state index is 13.5. The van der Waals surface area contributed by atoms with Gasteiger partial charge in [0, 0.05) is 43.6 Å². The number of hydrogen-bond acceptors (Lipinski definition) is 2. The van der Waals surface area contributed by atoms with Crippen molar-refractivity contribution in [2.24, 2.45) is 0 Å². The third-order valence-electron chi connectivity index (χ3n) is 5.35. The SMILES string of the molecule is Fc1ccc(CN2CCN(c3[c][nH]c4ccc(C(F)(F)F)cc34)CC2)cc1C(F)(F)F. The number of nitrogens with one attached hydrogen (secondary N) is 1. The van der Waals surface area contributed by atoms with Gasteiger partial charge >= 0.3 is 12.4 Å². The highest BCUT2D eigenvalue weighted by atomic mass is 19.4. The van der Waals surface area contributed by atoms with Gasteiger partial charge in [0.2, 0.25) is 0 Å². The zero-order valence-electron chi connectivity index (χ0n) is 16.0. The number of alkyl halides is 6. The Bertz CT molecular complexity index is 1080. The molecule has 0 saturated carbocycles. The summed E-state index contributed by atoms with van der Waals surface area (Å²) in [6.45, 7) is 2.11. The second kappa shape index (κ2) is 7.74. The molecule has 0 unspecified atom stereocenters. The van der Waals surface area contributed by atoms with Gasteiger partial charge in [0.05, 0.1) is 23.0 Å². The smallest absolute Gasteiger partial charge is 0.367 e. The maximum Gasteiger partial charge on any atom is 0.419 e. The van der Waals surface area contributed by atoms with Crippen LogP contribution in [-0.4, -0.2) is 36.1 Å². The first kappa shape index (κ1) is 21.5. The van der Waals surface area contributed by atoms with Gasteiger partial charge in [0.15, 0.2) is 0 Å². The standard InChI is InChI=1S/C21H17F7N3/c22-17-3-1-13(9-16(17)21(26,27)28)12-30-5-7-31(8-6-30)19-11-29-18-4-2-14(10-15(18)19)20(23,24)25/h1-4,9-10,29H,5-8,12H2. The van der Waals surface area contributed by atoms with Crippen molar-refractivity contribution in [2.75, 3.05) is 31.1 Å². The average Bonchev–Trinajstić information content (AvgIpc) is 3.12. The zero-order chi connectivity index (χ0) is 22.4. The molecule has 2 heterocycles. The molecule has 1 fully saturated rings. The van der Waals surface area contributed by atoms with E-state index in [1.165, 1.54) is 12.1 Å². The van der Waals surface area contributed by atoms with Crippen molar-refractivity contribution >= 4 is 16.6 Å². The first-order valence-electron chi connectivity index (χ1n) is 9.46. The number of benzene rings is 2. The molecule has 0 spiro atoms. The lowest BCUT2D eigenvalue weighted by Gasteiger charge is -2.35. The number of anilines is 1. The summed E-state index contributed by atoms with van der Waals surface area (Å²) < 4.78 is 91.3. The Balaban J connectivity index is 1.46. The molecule has 1 aromatic heterocycles. The summed E-state index contributed by atoms with van der Waals surface area (Å²) in [6.07, 6.45) is -6.31. The van der Waals surface area contributed by atoms with Gasteiger partial charge in [0.25, 0.3) is 0 Å². The van der Waals surface area contributed by atoms with Crippen molar-refractivity contribution in [1.29, 1.82) is 0 Å². The number of halogens is 7. The minimum Gasteiger partial charge on any atom is -0.367 e. The van der Waals surface area contributed by atoms with E-state index in [1.54, 1.807) is 0 Å². The fourth-order valence-corrected chi connectivity index (χ4v) is 3.74. The number of nitrogens with zero attached hydrogens (tertiary/aromatic N) is 2. The molecule has 1 saturated heterocycles. The van der Waals surface area contributed by atoms with Gasteiger partial charge in [-0.25, -0.2) is 4.39 Å².